The van der Waals surface area contributed by atoms with E-state index in [2.05, 4.69) is 0 Å². The monoisotopic (exact) mass is 240 g/mol. The molecule has 0 amide bonds. The van der Waals surface area contributed by atoms with Gasteiger partial charge in [0.2, 0.25) is 0 Å². The molecule has 3 nitrogen and oxygen atoms in total. The lowest BCUT2D eigenvalue weighted by atomic mass is 10.2. The third-order valence-electron chi connectivity index (χ3n) is 2.25. The minimum absolute atomic E-state index is 0.158. The summed E-state index contributed by atoms with van der Waals surface area (Å²) in [6.07, 6.45) is 1.44. The molecular weight excluding hydrogens is 224 g/mol. The molecule has 1 unspecified atom stereocenters. The van der Waals surface area contributed by atoms with E-state index in [1.807, 2.05) is 31.2 Å². The summed E-state index contributed by atoms with van der Waals surface area (Å²) >= 11 is 0. The van der Waals surface area contributed by atoms with Crippen LogP contribution < -0.4 is 0 Å². The Kier molecular flexibility index (Phi) is 5.19. The molecule has 4 heteroatoms. The SMILES string of the molecule is Cc1ccc(S(=O)CCCCC(=O)O)cc1. The molecule has 0 aromatic heterocycles. The van der Waals surface area contributed by atoms with Gasteiger partial charge in [-0.25, -0.2) is 0 Å². The first-order valence-electron chi connectivity index (χ1n) is 5.26. The van der Waals surface area contributed by atoms with E-state index in [9.17, 15) is 9.00 Å². The third kappa shape index (κ3) is 4.57. The smallest absolute Gasteiger partial charge is 0.303 e. The molecule has 0 aliphatic heterocycles. The minimum atomic E-state index is -0.999. The number of aryl methyl sites for hydroxylation is 1. The fraction of sp³-hybridized carbons (Fsp3) is 0.417. The second-order valence-corrected chi connectivity index (χ2v) is 5.28. The summed E-state index contributed by atoms with van der Waals surface area (Å²) < 4.78 is 11.8. The van der Waals surface area contributed by atoms with Crippen molar-refractivity contribution in [3.05, 3.63) is 29.8 Å². The van der Waals surface area contributed by atoms with E-state index in [1.54, 1.807) is 0 Å². The highest BCUT2D eigenvalue weighted by Gasteiger charge is 2.04. The molecule has 0 saturated heterocycles. The molecule has 1 rings (SSSR count). The minimum Gasteiger partial charge on any atom is -0.481 e. The number of carboxylic acids is 1. The zero-order chi connectivity index (χ0) is 12.0. The fourth-order valence-electron chi connectivity index (χ4n) is 1.32. The summed E-state index contributed by atoms with van der Waals surface area (Å²) in [6.45, 7) is 1.99. The van der Waals surface area contributed by atoms with Crippen LogP contribution in [0.25, 0.3) is 0 Å². The second-order valence-electron chi connectivity index (χ2n) is 3.71. The summed E-state index contributed by atoms with van der Waals surface area (Å²) in [5.41, 5.74) is 1.15. The standard InChI is InChI=1S/C12H16O3S/c1-10-5-7-11(8-6-10)16(15)9-3-2-4-12(13)14/h5-8H,2-4,9H2,1H3,(H,13,14). The average Bonchev–Trinajstić information content (AvgIpc) is 2.25. The summed E-state index contributed by atoms with van der Waals surface area (Å²) in [4.78, 5) is 11.1. The van der Waals surface area contributed by atoms with E-state index in [4.69, 9.17) is 5.11 Å². The van der Waals surface area contributed by atoms with Crippen molar-refractivity contribution in [3.63, 3.8) is 0 Å². The third-order valence-corrected chi connectivity index (χ3v) is 3.71. The predicted octanol–water partition coefficient (Wildman–Crippen LogP) is 2.36. The van der Waals surface area contributed by atoms with Gasteiger partial charge in [-0.3, -0.25) is 9.00 Å². The number of carbonyl (C=O) groups is 1. The molecule has 0 heterocycles. The maximum absolute atomic E-state index is 11.8. The quantitative estimate of drug-likeness (QED) is 0.777. The number of hydrogen-bond acceptors (Lipinski definition) is 2. The Morgan fingerprint density at radius 1 is 1.25 bits per heavy atom. The van der Waals surface area contributed by atoms with Crippen LogP contribution in [0.1, 0.15) is 24.8 Å². The Bertz CT molecular complexity index is 370. The van der Waals surface area contributed by atoms with Gasteiger partial charge in [-0.2, -0.15) is 0 Å². The van der Waals surface area contributed by atoms with Crippen molar-refractivity contribution in [3.8, 4) is 0 Å². The van der Waals surface area contributed by atoms with Crippen molar-refractivity contribution in [2.45, 2.75) is 31.1 Å². The molecule has 0 bridgehead atoms. The zero-order valence-electron chi connectivity index (χ0n) is 9.31. The predicted molar refractivity (Wildman–Crippen MR) is 63.9 cm³/mol. The molecule has 1 aromatic rings. The van der Waals surface area contributed by atoms with Crippen LogP contribution in [0.5, 0.6) is 0 Å². The molecule has 1 N–H and O–H groups in total. The molecule has 88 valence electrons. The molecule has 0 aliphatic rings. The van der Waals surface area contributed by atoms with Gasteiger partial charge in [-0.05, 0) is 31.9 Å². The van der Waals surface area contributed by atoms with Crippen LogP contribution in [0.3, 0.4) is 0 Å². The first kappa shape index (κ1) is 12.9. The lowest BCUT2D eigenvalue weighted by Crippen LogP contribution is -2.00. The number of benzene rings is 1. The normalized spacial score (nSPS) is 12.3. The van der Waals surface area contributed by atoms with Crippen molar-refractivity contribution in [1.29, 1.82) is 0 Å². The van der Waals surface area contributed by atoms with Gasteiger partial charge in [-0.15, -0.1) is 0 Å². The van der Waals surface area contributed by atoms with Crippen LogP contribution in [0, 0.1) is 6.92 Å². The molecule has 0 spiro atoms. The summed E-state index contributed by atoms with van der Waals surface area (Å²) in [6, 6.07) is 7.60. The van der Waals surface area contributed by atoms with E-state index < -0.39 is 16.8 Å². The van der Waals surface area contributed by atoms with Crippen molar-refractivity contribution in [2.75, 3.05) is 5.75 Å². The highest BCUT2D eigenvalue weighted by atomic mass is 32.2. The molecule has 1 atom stereocenters. The van der Waals surface area contributed by atoms with Crippen LogP contribution in [0.2, 0.25) is 0 Å². The molecule has 1 aromatic carbocycles. The van der Waals surface area contributed by atoms with Crippen LogP contribution in [-0.4, -0.2) is 21.0 Å². The Morgan fingerprint density at radius 2 is 1.88 bits per heavy atom. The van der Waals surface area contributed by atoms with Crippen molar-refractivity contribution < 1.29 is 14.1 Å². The summed E-state index contributed by atoms with van der Waals surface area (Å²) in [7, 11) is -0.999. The van der Waals surface area contributed by atoms with Crippen LogP contribution in [-0.2, 0) is 15.6 Å². The Labute approximate surface area is 98.0 Å². The second kappa shape index (κ2) is 6.43. The van der Waals surface area contributed by atoms with Crippen LogP contribution >= 0.6 is 0 Å². The van der Waals surface area contributed by atoms with Gasteiger partial charge in [0, 0.05) is 17.1 Å². The Balaban J connectivity index is 2.35. The van der Waals surface area contributed by atoms with Crippen molar-refractivity contribution in [1.82, 2.24) is 0 Å². The fourth-order valence-corrected chi connectivity index (χ4v) is 2.46. The Hall–Kier alpha value is -1.16. The van der Waals surface area contributed by atoms with E-state index in [0.717, 1.165) is 10.5 Å². The number of carboxylic acid groups (broad SMARTS) is 1. The maximum Gasteiger partial charge on any atom is 0.303 e. The van der Waals surface area contributed by atoms with Gasteiger partial charge in [0.1, 0.15) is 0 Å². The average molecular weight is 240 g/mol. The number of rotatable bonds is 6. The number of hydrogen-bond donors (Lipinski definition) is 1. The molecule has 0 radical (unpaired) electrons. The van der Waals surface area contributed by atoms with Crippen LogP contribution in [0.4, 0.5) is 0 Å². The number of unbranched alkanes of at least 4 members (excludes halogenated alkanes) is 1. The topological polar surface area (TPSA) is 54.4 Å². The summed E-state index contributed by atoms with van der Waals surface area (Å²) in [5.74, 6) is -0.253. The Morgan fingerprint density at radius 3 is 2.44 bits per heavy atom. The molecular formula is C12H16O3S. The highest BCUT2D eigenvalue weighted by Crippen LogP contribution is 2.10. The first-order valence-corrected chi connectivity index (χ1v) is 6.58. The molecule has 0 saturated carbocycles. The summed E-state index contributed by atoms with van der Waals surface area (Å²) in [5, 5.41) is 8.45. The first-order chi connectivity index (χ1) is 7.59. The van der Waals surface area contributed by atoms with Gasteiger partial charge in [-0.1, -0.05) is 17.7 Å². The van der Waals surface area contributed by atoms with Gasteiger partial charge in [0.05, 0.1) is 10.8 Å². The van der Waals surface area contributed by atoms with Gasteiger partial charge >= 0.3 is 5.97 Å². The van der Waals surface area contributed by atoms with E-state index in [-0.39, 0.29) is 6.42 Å². The van der Waals surface area contributed by atoms with Crippen LogP contribution in [0.15, 0.2) is 29.2 Å². The van der Waals surface area contributed by atoms with E-state index in [0.29, 0.717) is 18.6 Å². The molecule has 0 fully saturated rings. The molecule has 0 aliphatic carbocycles. The van der Waals surface area contributed by atoms with Gasteiger partial charge < -0.3 is 5.11 Å². The highest BCUT2D eigenvalue weighted by molar-refractivity contribution is 7.85. The lowest BCUT2D eigenvalue weighted by molar-refractivity contribution is -0.137. The van der Waals surface area contributed by atoms with Gasteiger partial charge in [0.15, 0.2) is 0 Å². The van der Waals surface area contributed by atoms with Crippen molar-refractivity contribution in [2.24, 2.45) is 0 Å². The largest absolute Gasteiger partial charge is 0.481 e. The number of aliphatic carboxylic acids is 1. The zero-order valence-corrected chi connectivity index (χ0v) is 10.1. The van der Waals surface area contributed by atoms with E-state index >= 15 is 0 Å². The maximum atomic E-state index is 11.8. The molecule has 16 heavy (non-hydrogen) atoms. The lowest BCUT2D eigenvalue weighted by Gasteiger charge is -2.02. The van der Waals surface area contributed by atoms with Crippen molar-refractivity contribution >= 4 is 16.8 Å². The van der Waals surface area contributed by atoms with Gasteiger partial charge in [0.25, 0.3) is 0 Å². The van der Waals surface area contributed by atoms with E-state index in [1.165, 1.54) is 0 Å².